The second-order valence-electron chi connectivity index (χ2n) is 9.04. The summed E-state index contributed by atoms with van der Waals surface area (Å²) in [5.74, 6) is 0.974. The molecule has 1 unspecified atom stereocenters. The van der Waals surface area contributed by atoms with Gasteiger partial charge in [-0.15, -0.1) is 48.6 Å². The first-order valence-electron chi connectivity index (χ1n) is 11.7. The summed E-state index contributed by atoms with van der Waals surface area (Å²) in [4.78, 5) is 11.8. The minimum absolute atomic E-state index is 0. The Balaban J connectivity index is 0.00000152. The van der Waals surface area contributed by atoms with E-state index >= 15 is 0 Å². The molecular weight excluding hydrogens is 535 g/mol. The maximum atomic E-state index is 4.97. The Labute approximate surface area is 236 Å². The molecule has 3 heterocycles. The molecule has 10 heteroatoms. The van der Waals surface area contributed by atoms with Gasteiger partial charge < -0.3 is 15.2 Å². The zero-order valence-corrected chi connectivity index (χ0v) is 24.1. The molecule has 2 N–H and O–H groups in total. The van der Waals surface area contributed by atoms with Crippen LogP contribution in [0, 0.1) is 13.8 Å². The van der Waals surface area contributed by atoms with Crippen LogP contribution in [0.5, 0.6) is 0 Å². The number of imidazole rings is 1. The fraction of sp³-hybridized carbons (Fsp3) is 0.385. The Hall–Kier alpha value is -2.03. The van der Waals surface area contributed by atoms with Gasteiger partial charge in [-0.3, -0.25) is 4.90 Å². The molecule has 0 amide bonds. The quantitative estimate of drug-likeness (QED) is 0.258. The van der Waals surface area contributed by atoms with Crippen molar-refractivity contribution in [3.05, 3.63) is 70.7 Å². The van der Waals surface area contributed by atoms with Crippen molar-refractivity contribution < 1.29 is 0 Å². The van der Waals surface area contributed by atoms with Crippen molar-refractivity contribution in [2.24, 2.45) is 0 Å². The van der Waals surface area contributed by atoms with E-state index in [1.54, 1.807) is 11.3 Å². The summed E-state index contributed by atoms with van der Waals surface area (Å²) >= 11 is 1.65. The average Bonchev–Trinajstić information content (AvgIpc) is 3.45. The molecule has 1 saturated heterocycles. The number of para-hydroxylation sites is 2. The van der Waals surface area contributed by atoms with Gasteiger partial charge in [0.2, 0.25) is 5.95 Å². The molecule has 1 fully saturated rings. The lowest BCUT2D eigenvalue weighted by Crippen LogP contribution is -2.46. The van der Waals surface area contributed by atoms with E-state index in [-0.39, 0.29) is 43.4 Å². The van der Waals surface area contributed by atoms with Crippen molar-refractivity contribution in [3.8, 4) is 0 Å². The minimum atomic E-state index is 0. The predicted molar refractivity (Wildman–Crippen MR) is 160 cm³/mol. The first kappa shape index (κ1) is 30.2. The van der Waals surface area contributed by atoms with Gasteiger partial charge in [0.25, 0.3) is 0 Å². The summed E-state index contributed by atoms with van der Waals surface area (Å²) < 4.78 is 2.33. The monoisotopic (exact) mass is 568 g/mol. The lowest BCUT2D eigenvalue weighted by atomic mass is 10.0. The molecule has 5 rings (SSSR count). The third kappa shape index (κ3) is 6.84. The van der Waals surface area contributed by atoms with Gasteiger partial charge in [0.1, 0.15) is 0 Å². The number of hydrogen-bond acceptors (Lipinski definition) is 6. The number of piperidine rings is 1. The van der Waals surface area contributed by atoms with Crippen molar-refractivity contribution >= 4 is 70.7 Å². The standard InChI is InChI=1S/C26H32N6S.3ClH/c1-18-8-9-21(16-19(18)2)17-32-24-7-5-4-6-23(24)30-25(32)29-22-10-13-31(14-11-22)20(3)28-26-27-12-15-33-26;;;/h4-9,12,15-16,20,22H,10-11,13-14,17H2,1-3H3,(H,27,28)(H,29,30);3*1H. The van der Waals surface area contributed by atoms with Gasteiger partial charge in [0, 0.05) is 30.7 Å². The maximum Gasteiger partial charge on any atom is 0.204 e. The third-order valence-electron chi connectivity index (χ3n) is 6.74. The van der Waals surface area contributed by atoms with Crippen LogP contribution in [-0.2, 0) is 6.54 Å². The van der Waals surface area contributed by atoms with Crippen LogP contribution in [0.1, 0.15) is 36.5 Å². The molecule has 2 aromatic heterocycles. The van der Waals surface area contributed by atoms with Crippen LogP contribution in [0.25, 0.3) is 11.0 Å². The first-order valence-corrected chi connectivity index (χ1v) is 12.6. The second-order valence-corrected chi connectivity index (χ2v) is 9.94. The second kappa shape index (κ2) is 13.5. The van der Waals surface area contributed by atoms with Crippen LogP contribution in [0.15, 0.2) is 54.0 Å². The molecule has 1 aliphatic heterocycles. The van der Waals surface area contributed by atoms with Crippen molar-refractivity contribution in [2.45, 2.75) is 52.4 Å². The van der Waals surface area contributed by atoms with Gasteiger partial charge in [-0.05, 0) is 62.4 Å². The van der Waals surface area contributed by atoms with Crippen LogP contribution in [0.4, 0.5) is 11.1 Å². The largest absolute Gasteiger partial charge is 0.353 e. The molecule has 0 aliphatic carbocycles. The molecule has 1 atom stereocenters. The Bertz CT molecular complexity index is 1220. The molecular formula is C26H35Cl3N6S. The van der Waals surface area contributed by atoms with Gasteiger partial charge >= 0.3 is 0 Å². The van der Waals surface area contributed by atoms with Gasteiger partial charge in [-0.25, -0.2) is 9.97 Å². The molecule has 1 aliphatic rings. The maximum absolute atomic E-state index is 4.97. The summed E-state index contributed by atoms with van der Waals surface area (Å²) in [5, 5.41) is 10.3. The number of aryl methyl sites for hydroxylation is 2. The van der Waals surface area contributed by atoms with E-state index in [1.165, 1.54) is 22.2 Å². The van der Waals surface area contributed by atoms with E-state index in [9.17, 15) is 0 Å². The highest BCUT2D eigenvalue weighted by Crippen LogP contribution is 2.25. The fourth-order valence-electron chi connectivity index (χ4n) is 4.61. The van der Waals surface area contributed by atoms with Crippen LogP contribution < -0.4 is 10.6 Å². The number of anilines is 2. The zero-order valence-electron chi connectivity index (χ0n) is 20.8. The lowest BCUT2D eigenvalue weighted by molar-refractivity contribution is 0.182. The van der Waals surface area contributed by atoms with Crippen molar-refractivity contribution in [2.75, 3.05) is 23.7 Å². The number of halogens is 3. The van der Waals surface area contributed by atoms with Crippen LogP contribution in [-0.4, -0.2) is 44.7 Å². The van der Waals surface area contributed by atoms with Gasteiger partial charge in [0.05, 0.1) is 23.7 Å². The van der Waals surface area contributed by atoms with Crippen LogP contribution in [0.3, 0.4) is 0 Å². The number of likely N-dealkylation sites (tertiary alicyclic amines) is 1. The normalized spacial score (nSPS) is 14.9. The highest BCUT2D eigenvalue weighted by atomic mass is 35.5. The van der Waals surface area contributed by atoms with Crippen molar-refractivity contribution in [1.82, 2.24) is 19.4 Å². The minimum Gasteiger partial charge on any atom is -0.353 e. The Morgan fingerprint density at radius 3 is 2.47 bits per heavy atom. The smallest absolute Gasteiger partial charge is 0.204 e. The van der Waals surface area contributed by atoms with Crippen molar-refractivity contribution in [1.29, 1.82) is 0 Å². The Morgan fingerprint density at radius 2 is 1.78 bits per heavy atom. The highest BCUT2D eigenvalue weighted by molar-refractivity contribution is 7.13. The Morgan fingerprint density at radius 1 is 1.03 bits per heavy atom. The summed E-state index contributed by atoms with van der Waals surface area (Å²) in [6.07, 6.45) is 4.32. The molecule has 4 aromatic rings. The number of thiazole rings is 1. The highest BCUT2D eigenvalue weighted by Gasteiger charge is 2.24. The lowest BCUT2D eigenvalue weighted by Gasteiger charge is -2.36. The van der Waals surface area contributed by atoms with Crippen LogP contribution in [0.2, 0.25) is 0 Å². The molecule has 196 valence electrons. The van der Waals surface area contributed by atoms with E-state index in [1.807, 2.05) is 11.6 Å². The predicted octanol–water partition coefficient (Wildman–Crippen LogP) is 6.76. The summed E-state index contributed by atoms with van der Waals surface area (Å²) in [6.45, 7) is 9.49. The number of hydrogen-bond donors (Lipinski definition) is 2. The number of fused-ring (bicyclic) bond motifs is 1. The molecule has 0 radical (unpaired) electrons. The van der Waals surface area contributed by atoms with Gasteiger partial charge in [0.15, 0.2) is 5.13 Å². The summed E-state index contributed by atoms with van der Waals surface area (Å²) in [7, 11) is 0. The van der Waals surface area contributed by atoms with E-state index in [0.29, 0.717) is 6.04 Å². The van der Waals surface area contributed by atoms with E-state index < -0.39 is 0 Å². The number of aromatic nitrogens is 3. The number of nitrogens with one attached hydrogen (secondary N) is 2. The average molecular weight is 570 g/mol. The fourth-order valence-corrected chi connectivity index (χ4v) is 5.22. The van der Waals surface area contributed by atoms with Gasteiger partial charge in [-0.2, -0.15) is 0 Å². The van der Waals surface area contributed by atoms with E-state index in [0.717, 1.165) is 49.1 Å². The summed E-state index contributed by atoms with van der Waals surface area (Å²) in [6, 6.07) is 15.6. The molecule has 0 spiro atoms. The van der Waals surface area contributed by atoms with E-state index in [2.05, 4.69) is 88.3 Å². The number of rotatable bonds is 7. The molecule has 36 heavy (non-hydrogen) atoms. The first-order chi connectivity index (χ1) is 16.1. The molecule has 6 nitrogen and oxygen atoms in total. The molecule has 0 bridgehead atoms. The SMILES string of the molecule is Cc1ccc(Cn2c(NC3CCN(C(C)Nc4nccs4)CC3)nc3ccccc32)cc1C.Cl.Cl.Cl. The topological polar surface area (TPSA) is 58.0 Å². The molecule has 0 saturated carbocycles. The third-order valence-corrected chi connectivity index (χ3v) is 7.45. The Kier molecular flexibility index (Phi) is 11.3. The van der Waals surface area contributed by atoms with E-state index in [4.69, 9.17) is 4.98 Å². The molecule has 2 aromatic carbocycles. The zero-order chi connectivity index (χ0) is 22.8. The number of nitrogens with zero attached hydrogens (tertiary/aromatic N) is 4. The van der Waals surface area contributed by atoms with Crippen LogP contribution >= 0.6 is 48.6 Å². The van der Waals surface area contributed by atoms with Gasteiger partial charge in [-0.1, -0.05) is 30.3 Å². The summed E-state index contributed by atoms with van der Waals surface area (Å²) in [5.41, 5.74) is 6.19. The number of benzene rings is 2. The van der Waals surface area contributed by atoms with Crippen molar-refractivity contribution in [3.63, 3.8) is 0 Å².